The molecule has 8 nitrogen and oxygen atoms in total. The van der Waals surface area contributed by atoms with Gasteiger partial charge in [0.15, 0.2) is 6.10 Å². The molecule has 0 heterocycles. The van der Waals surface area contributed by atoms with Gasteiger partial charge in [-0.15, -0.1) is 0 Å². The van der Waals surface area contributed by atoms with E-state index in [-0.39, 0.29) is 25.0 Å². The number of carboxylic acid groups (broad SMARTS) is 1. The van der Waals surface area contributed by atoms with E-state index >= 15 is 0 Å². The van der Waals surface area contributed by atoms with Crippen molar-refractivity contribution in [3.63, 3.8) is 0 Å². The summed E-state index contributed by atoms with van der Waals surface area (Å²) in [7, 11) is 1.26. The molecule has 0 aliphatic heterocycles. The largest absolute Gasteiger partial charge is 0.479 e. The quantitative estimate of drug-likeness (QED) is 0.554. The lowest BCUT2D eigenvalue weighted by molar-refractivity contribution is -0.148. The Hall–Kier alpha value is -3.39. The van der Waals surface area contributed by atoms with Crippen molar-refractivity contribution < 1.29 is 29.0 Å². The van der Waals surface area contributed by atoms with Crippen LogP contribution in [0.25, 0.3) is 11.1 Å². The van der Waals surface area contributed by atoms with Crippen LogP contribution in [0, 0.1) is 5.92 Å². The second-order valence-electron chi connectivity index (χ2n) is 8.09. The summed E-state index contributed by atoms with van der Waals surface area (Å²) in [6.45, 7) is -0.0239. The molecule has 0 radical (unpaired) electrons. The first-order valence-corrected chi connectivity index (χ1v) is 10.6. The van der Waals surface area contributed by atoms with Gasteiger partial charge in [0, 0.05) is 13.0 Å². The van der Waals surface area contributed by atoms with Crippen LogP contribution in [0.3, 0.4) is 0 Å². The second-order valence-corrected chi connectivity index (χ2v) is 8.09. The van der Waals surface area contributed by atoms with Crippen molar-refractivity contribution in [2.45, 2.75) is 30.9 Å². The molecular formula is C24H26N2O6. The highest BCUT2D eigenvalue weighted by molar-refractivity contribution is 5.87. The number of carbonyl (C=O) groups is 3. The molecule has 32 heavy (non-hydrogen) atoms. The molecule has 1 fully saturated rings. The van der Waals surface area contributed by atoms with Crippen molar-refractivity contribution in [2.75, 3.05) is 20.3 Å². The maximum Gasteiger partial charge on any atom is 0.407 e. The number of carboxylic acids is 1. The number of ether oxygens (including phenoxy) is 2. The summed E-state index contributed by atoms with van der Waals surface area (Å²) in [6.07, 6.45) is -0.184. The molecule has 0 aromatic heterocycles. The van der Waals surface area contributed by atoms with Crippen LogP contribution < -0.4 is 10.6 Å². The third-order valence-corrected chi connectivity index (χ3v) is 6.01. The first-order chi connectivity index (χ1) is 15.5. The van der Waals surface area contributed by atoms with E-state index in [0.717, 1.165) is 35.1 Å². The maximum absolute atomic E-state index is 12.6. The highest BCUT2D eigenvalue weighted by Crippen LogP contribution is 2.44. The van der Waals surface area contributed by atoms with Crippen molar-refractivity contribution in [1.82, 2.24) is 10.6 Å². The molecule has 2 aromatic rings. The zero-order valence-corrected chi connectivity index (χ0v) is 17.7. The third kappa shape index (κ3) is 4.60. The lowest BCUT2D eigenvalue weighted by Crippen LogP contribution is -2.50. The number of methoxy groups -OCH3 is 1. The molecule has 2 amide bonds. The average molecular weight is 438 g/mol. The molecule has 2 aliphatic rings. The predicted octanol–water partition coefficient (Wildman–Crippen LogP) is 2.52. The minimum absolute atomic E-state index is 0.0151. The van der Waals surface area contributed by atoms with Crippen LogP contribution >= 0.6 is 0 Å². The summed E-state index contributed by atoms with van der Waals surface area (Å²) in [5.41, 5.74) is 4.49. The SMILES string of the molecule is COC(CNC(=O)C(NC(=O)OCC1c2ccccc2-c2ccccc21)C1CC1)C(=O)O. The highest BCUT2D eigenvalue weighted by atomic mass is 16.5. The first-order valence-electron chi connectivity index (χ1n) is 10.6. The second kappa shape index (κ2) is 9.40. The topological polar surface area (TPSA) is 114 Å². The van der Waals surface area contributed by atoms with Crippen LogP contribution in [0.15, 0.2) is 48.5 Å². The van der Waals surface area contributed by atoms with Gasteiger partial charge in [0.25, 0.3) is 0 Å². The van der Waals surface area contributed by atoms with Gasteiger partial charge in [0.2, 0.25) is 5.91 Å². The van der Waals surface area contributed by atoms with E-state index < -0.39 is 30.1 Å². The molecule has 0 bridgehead atoms. The van der Waals surface area contributed by atoms with E-state index in [2.05, 4.69) is 22.8 Å². The Morgan fingerprint density at radius 2 is 1.62 bits per heavy atom. The highest BCUT2D eigenvalue weighted by Gasteiger charge is 2.38. The Balaban J connectivity index is 1.37. The van der Waals surface area contributed by atoms with Gasteiger partial charge in [-0.3, -0.25) is 4.79 Å². The molecule has 1 saturated carbocycles. The number of nitrogens with one attached hydrogen (secondary N) is 2. The summed E-state index contributed by atoms with van der Waals surface area (Å²) in [5, 5.41) is 14.2. The van der Waals surface area contributed by atoms with Crippen LogP contribution in [-0.4, -0.2) is 55.5 Å². The smallest absolute Gasteiger partial charge is 0.407 e. The molecule has 2 atom stereocenters. The minimum Gasteiger partial charge on any atom is -0.479 e. The fraction of sp³-hybridized carbons (Fsp3) is 0.375. The molecule has 4 rings (SSSR count). The van der Waals surface area contributed by atoms with Gasteiger partial charge < -0.3 is 25.2 Å². The molecular weight excluding hydrogens is 412 g/mol. The summed E-state index contributed by atoms with van der Waals surface area (Å²) in [6, 6.07) is 15.3. The molecule has 2 aliphatic carbocycles. The van der Waals surface area contributed by atoms with E-state index in [0.29, 0.717) is 0 Å². The molecule has 8 heteroatoms. The number of fused-ring (bicyclic) bond motifs is 3. The van der Waals surface area contributed by atoms with Gasteiger partial charge in [-0.1, -0.05) is 48.5 Å². The maximum atomic E-state index is 12.6. The monoisotopic (exact) mass is 438 g/mol. The summed E-state index contributed by atoms with van der Waals surface area (Å²) >= 11 is 0. The Bertz CT molecular complexity index is 974. The molecule has 0 saturated heterocycles. The number of benzene rings is 2. The molecule has 168 valence electrons. The number of hydrogen-bond acceptors (Lipinski definition) is 5. The number of rotatable bonds is 9. The summed E-state index contributed by atoms with van der Waals surface area (Å²) in [5.74, 6) is -1.66. The van der Waals surface area contributed by atoms with Gasteiger partial charge in [0.1, 0.15) is 12.6 Å². The van der Waals surface area contributed by atoms with Gasteiger partial charge in [-0.25, -0.2) is 9.59 Å². The number of amides is 2. The fourth-order valence-corrected chi connectivity index (χ4v) is 4.17. The van der Waals surface area contributed by atoms with Crippen molar-refractivity contribution in [3.8, 4) is 11.1 Å². The van der Waals surface area contributed by atoms with E-state index in [1.54, 1.807) is 0 Å². The Morgan fingerprint density at radius 3 is 2.16 bits per heavy atom. The van der Waals surface area contributed by atoms with E-state index in [1.165, 1.54) is 7.11 Å². The third-order valence-electron chi connectivity index (χ3n) is 6.01. The standard InChI is InChI=1S/C24H26N2O6/c1-31-20(23(28)29)12-25-22(27)21(14-10-11-14)26-24(30)32-13-19-17-8-4-2-6-15(17)16-7-3-5-9-18(16)19/h2-9,14,19-21H,10-13H2,1H3,(H,25,27)(H,26,30)(H,28,29). The number of alkyl carbamates (subject to hydrolysis) is 1. The van der Waals surface area contributed by atoms with Crippen molar-refractivity contribution in [3.05, 3.63) is 59.7 Å². The number of hydrogen-bond donors (Lipinski definition) is 3. The van der Waals surface area contributed by atoms with Crippen LogP contribution in [0.4, 0.5) is 4.79 Å². The molecule has 2 unspecified atom stereocenters. The first kappa shape index (κ1) is 21.8. The van der Waals surface area contributed by atoms with Crippen LogP contribution in [0.5, 0.6) is 0 Å². The molecule has 0 spiro atoms. The van der Waals surface area contributed by atoms with Crippen molar-refractivity contribution in [2.24, 2.45) is 5.92 Å². The van der Waals surface area contributed by atoms with E-state index in [1.807, 2.05) is 36.4 Å². The van der Waals surface area contributed by atoms with Crippen LogP contribution in [0.1, 0.15) is 29.9 Å². The number of carbonyl (C=O) groups excluding carboxylic acids is 2. The molecule has 3 N–H and O–H groups in total. The van der Waals surface area contributed by atoms with E-state index in [4.69, 9.17) is 14.6 Å². The number of aliphatic carboxylic acids is 1. The zero-order valence-electron chi connectivity index (χ0n) is 17.7. The van der Waals surface area contributed by atoms with Gasteiger partial charge in [-0.2, -0.15) is 0 Å². The van der Waals surface area contributed by atoms with Gasteiger partial charge >= 0.3 is 12.1 Å². The lowest BCUT2D eigenvalue weighted by Gasteiger charge is -2.20. The zero-order chi connectivity index (χ0) is 22.7. The fourth-order valence-electron chi connectivity index (χ4n) is 4.17. The summed E-state index contributed by atoms with van der Waals surface area (Å²) < 4.78 is 10.4. The lowest BCUT2D eigenvalue weighted by atomic mass is 9.98. The Labute approximate surface area is 185 Å². The predicted molar refractivity (Wildman–Crippen MR) is 116 cm³/mol. The van der Waals surface area contributed by atoms with Gasteiger partial charge in [-0.05, 0) is 41.0 Å². The normalized spacial score (nSPS) is 16.4. The summed E-state index contributed by atoms with van der Waals surface area (Å²) in [4.78, 5) is 36.2. The van der Waals surface area contributed by atoms with Crippen LogP contribution in [0.2, 0.25) is 0 Å². The van der Waals surface area contributed by atoms with Gasteiger partial charge in [0.05, 0.1) is 6.54 Å². The van der Waals surface area contributed by atoms with Crippen molar-refractivity contribution >= 4 is 18.0 Å². The minimum atomic E-state index is -1.17. The Kier molecular flexibility index (Phi) is 6.41. The van der Waals surface area contributed by atoms with E-state index in [9.17, 15) is 14.4 Å². The van der Waals surface area contributed by atoms with Crippen molar-refractivity contribution in [1.29, 1.82) is 0 Å². The average Bonchev–Trinajstić information content (AvgIpc) is 3.58. The Morgan fingerprint density at radius 1 is 1.03 bits per heavy atom. The molecule has 2 aromatic carbocycles. The van der Waals surface area contributed by atoms with Crippen LogP contribution in [-0.2, 0) is 19.1 Å².